The third kappa shape index (κ3) is 3.50. The zero-order chi connectivity index (χ0) is 13.7. The summed E-state index contributed by atoms with van der Waals surface area (Å²) in [5.74, 6) is 5.37. The number of hydrogen-bond acceptors (Lipinski definition) is 4. The third-order valence-corrected chi connectivity index (χ3v) is 2.37. The summed E-state index contributed by atoms with van der Waals surface area (Å²) in [5, 5.41) is 9.83. The third-order valence-electron chi connectivity index (χ3n) is 2.37. The van der Waals surface area contributed by atoms with Crippen LogP contribution >= 0.6 is 0 Å². The van der Waals surface area contributed by atoms with Crippen molar-refractivity contribution in [3.8, 4) is 17.7 Å². The van der Waals surface area contributed by atoms with E-state index in [9.17, 15) is 9.50 Å². The monoisotopic (exact) mass is 258 g/mol. The van der Waals surface area contributed by atoms with Gasteiger partial charge in [0.1, 0.15) is 23.9 Å². The lowest BCUT2D eigenvalue weighted by Crippen LogP contribution is -1.95. The normalized spacial score (nSPS) is 11.3. The lowest BCUT2D eigenvalue weighted by Gasteiger charge is -2.02. The highest BCUT2D eigenvalue weighted by Gasteiger charge is 2.03. The summed E-state index contributed by atoms with van der Waals surface area (Å²) in [4.78, 5) is 7.78. The molecule has 0 bridgehead atoms. The fraction of sp³-hybridized carbons (Fsp3) is 0.143. The predicted octanol–water partition coefficient (Wildman–Crippen LogP) is 1.71. The summed E-state index contributed by atoms with van der Waals surface area (Å²) >= 11 is 0. The van der Waals surface area contributed by atoms with Crippen LogP contribution in [0.1, 0.15) is 17.4 Å². The van der Waals surface area contributed by atoms with E-state index in [2.05, 4.69) is 21.8 Å². The van der Waals surface area contributed by atoms with Crippen molar-refractivity contribution in [3.63, 3.8) is 0 Å². The zero-order valence-corrected chi connectivity index (χ0v) is 10.2. The molecule has 0 spiro atoms. The minimum absolute atomic E-state index is 0.357. The van der Waals surface area contributed by atoms with Gasteiger partial charge in [-0.15, -0.1) is 0 Å². The Kier molecular flexibility index (Phi) is 4.06. The Hall–Kier alpha value is -2.45. The summed E-state index contributed by atoms with van der Waals surface area (Å²) in [6.07, 6.45) is 0.328. The molecule has 1 aromatic carbocycles. The van der Waals surface area contributed by atoms with E-state index in [1.54, 1.807) is 6.07 Å². The summed E-state index contributed by atoms with van der Waals surface area (Å²) < 4.78 is 17.7. The minimum Gasteiger partial charge on any atom is -0.481 e. The standard InChI is InChI=1S/C14H11FN2O2/c1-19-14-8-12(16-9-17-14)6-7-13(18)10-2-4-11(15)5-3-10/h2-5,8-9,13,18H,1H3. The van der Waals surface area contributed by atoms with Gasteiger partial charge in [-0.1, -0.05) is 18.1 Å². The van der Waals surface area contributed by atoms with Crippen LogP contribution in [-0.4, -0.2) is 22.2 Å². The molecule has 1 atom stereocenters. The number of aliphatic hydroxyl groups is 1. The van der Waals surface area contributed by atoms with Crippen molar-refractivity contribution in [2.75, 3.05) is 7.11 Å². The Balaban J connectivity index is 2.16. The van der Waals surface area contributed by atoms with E-state index < -0.39 is 6.10 Å². The number of aromatic nitrogens is 2. The first-order valence-electron chi connectivity index (χ1n) is 5.50. The van der Waals surface area contributed by atoms with Crippen LogP contribution in [0.3, 0.4) is 0 Å². The second kappa shape index (κ2) is 5.94. The highest BCUT2D eigenvalue weighted by atomic mass is 19.1. The van der Waals surface area contributed by atoms with Crippen molar-refractivity contribution >= 4 is 0 Å². The van der Waals surface area contributed by atoms with Crippen molar-refractivity contribution in [3.05, 3.63) is 53.7 Å². The van der Waals surface area contributed by atoms with Crippen molar-refractivity contribution in [1.82, 2.24) is 9.97 Å². The van der Waals surface area contributed by atoms with Crippen LogP contribution in [0.5, 0.6) is 5.88 Å². The molecule has 0 aliphatic heterocycles. The molecule has 96 valence electrons. The molecule has 0 saturated carbocycles. The lowest BCUT2D eigenvalue weighted by atomic mass is 10.1. The van der Waals surface area contributed by atoms with Crippen molar-refractivity contribution < 1.29 is 14.2 Å². The largest absolute Gasteiger partial charge is 0.481 e. The van der Waals surface area contributed by atoms with Gasteiger partial charge in [0.15, 0.2) is 0 Å². The maximum Gasteiger partial charge on any atom is 0.217 e. The van der Waals surface area contributed by atoms with Gasteiger partial charge in [-0.3, -0.25) is 0 Å². The molecule has 0 amide bonds. The average Bonchev–Trinajstić information content (AvgIpc) is 2.46. The molecule has 5 heteroatoms. The molecule has 0 aliphatic carbocycles. The molecule has 0 saturated heterocycles. The summed E-state index contributed by atoms with van der Waals surface area (Å²) in [7, 11) is 1.49. The van der Waals surface area contributed by atoms with Gasteiger partial charge in [0.2, 0.25) is 5.88 Å². The van der Waals surface area contributed by atoms with Gasteiger partial charge in [0, 0.05) is 6.07 Å². The van der Waals surface area contributed by atoms with E-state index in [0.29, 0.717) is 17.1 Å². The second-order valence-corrected chi connectivity index (χ2v) is 3.67. The first-order chi connectivity index (χ1) is 9.19. The summed E-state index contributed by atoms with van der Waals surface area (Å²) in [5.41, 5.74) is 0.961. The number of ether oxygens (including phenoxy) is 1. The number of aliphatic hydroxyl groups excluding tert-OH is 1. The SMILES string of the molecule is COc1cc(C#CC(O)c2ccc(F)cc2)ncn1. The van der Waals surface area contributed by atoms with E-state index in [1.165, 1.54) is 37.7 Å². The quantitative estimate of drug-likeness (QED) is 0.833. The van der Waals surface area contributed by atoms with Crippen LogP contribution in [0, 0.1) is 17.7 Å². The molecule has 0 fully saturated rings. The van der Waals surface area contributed by atoms with Gasteiger partial charge in [-0.2, -0.15) is 0 Å². The molecule has 0 radical (unpaired) electrons. The first-order valence-corrected chi connectivity index (χ1v) is 5.50. The van der Waals surface area contributed by atoms with Crippen LogP contribution in [-0.2, 0) is 0 Å². The molecule has 1 heterocycles. The van der Waals surface area contributed by atoms with Gasteiger partial charge in [0.25, 0.3) is 0 Å². The van der Waals surface area contributed by atoms with Crippen molar-refractivity contribution in [2.24, 2.45) is 0 Å². The number of nitrogens with zero attached hydrogens (tertiary/aromatic N) is 2. The Morgan fingerprint density at radius 1 is 1.26 bits per heavy atom. The van der Waals surface area contributed by atoms with Gasteiger partial charge in [0.05, 0.1) is 7.11 Å². The Morgan fingerprint density at radius 2 is 2.00 bits per heavy atom. The summed E-state index contributed by atoms with van der Waals surface area (Å²) in [6.45, 7) is 0. The van der Waals surface area contributed by atoms with Crippen LogP contribution < -0.4 is 4.74 Å². The number of rotatable bonds is 2. The first kappa shape index (κ1) is 13.0. The molecule has 2 rings (SSSR count). The molecule has 1 N–H and O–H groups in total. The Labute approximate surface area is 109 Å². The summed E-state index contributed by atoms with van der Waals surface area (Å²) in [6, 6.07) is 7.07. The number of methoxy groups -OCH3 is 1. The van der Waals surface area contributed by atoms with E-state index in [0.717, 1.165) is 0 Å². The smallest absolute Gasteiger partial charge is 0.217 e. The Morgan fingerprint density at radius 3 is 2.68 bits per heavy atom. The molecule has 2 aromatic rings. The molecule has 0 aliphatic rings. The van der Waals surface area contributed by atoms with E-state index in [4.69, 9.17) is 4.74 Å². The fourth-order valence-corrected chi connectivity index (χ4v) is 1.39. The number of hydrogen-bond donors (Lipinski definition) is 1. The van der Waals surface area contributed by atoms with Crippen LogP contribution in [0.4, 0.5) is 4.39 Å². The van der Waals surface area contributed by atoms with Crippen LogP contribution in [0.25, 0.3) is 0 Å². The maximum atomic E-state index is 12.7. The molecule has 19 heavy (non-hydrogen) atoms. The van der Waals surface area contributed by atoms with E-state index >= 15 is 0 Å². The highest BCUT2D eigenvalue weighted by molar-refractivity contribution is 5.34. The second-order valence-electron chi connectivity index (χ2n) is 3.67. The molecular formula is C14H11FN2O2. The predicted molar refractivity (Wildman–Crippen MR) is 66.8 cm³/mol. The maximum absolute atomic E-state index is 12.7. The number of benzene rings is 1. The average molecular weight is 258 g/mol. The molecule has 1 aromatic heterocycles. The van der Waals surface area contributed by atoms with Crippen LogP contribution in [0.2, 0.25) is 0 Å². The van der Waals surface area contributed by atoms with Crippen molar-refractivity contribution in [1.29, 1.82) is 0 Å². The minimum atomic E-state index is -0.999. The van der Waals surface area contributed by atoms with Crippen molar-refractivity contribution in [2.45, 2.75) is 6.10 Å². The highest BCUT2D eigenvalue weighted by Crippen LogP contribution is 2.12. The lowest BCUT2D eigenvalue weighted by molar-refractivity contribution is 0.238. The van der Waals surface area contributed by atoms with E-state index in [1.807, 2.05) is 0 Å². The molecular weight excluding hydrogens is 247 g/mol. The van der Waals surface area contributed by atoms with Gasteiger partial charge in [-0.05, 0) is 23.6 Å². The zero-order valence-electron chi connectivity index (χ0n) is 10.2. The van der Waals surface area contributed by atoms with Gasteiger partial charge in [-0.25, -0.2) is 14.4 Å². The van der Waals surface area contributed by atoms with Crippen LogP contribution in [0.15, 0.2) is 36.7 Å². The molecule has 4 nitrogen and oxygen atoms in total. The van der Waals surface area contributed by atoms with Gasteiger partial charge < -0.3 is 9.84 Å². The topological polar surface area (TPSA) is 55.2 Å². The number of halogens is 1. The van der Waals surface area contributed by atoms with E-state index in [-0.39, 0.29) is 5.82 Å². The fourth-order valence-electron chi connectivity index (χ4n) is 1.39. The molecule has 1 unspecified atom stereocenters. The Bertz CT molecular complexity index is 617. The van der Waals surface area contributed by atoms with Gasteiger partial charge >= 0.3 is 0 Å².